The number of fused-ring (bicyclic) bond motifs is 1. The topological polar surface area (TPSA) is 63.5 Å². The van der Waals surface area contributed by atoms with E-state index in [9.17, 15) is 14.9 Å². The highest BCUT2D eigenvalue weighted by molar-refractivity contribution is 7.10. The molecule has 3 aromatic carbocycles. The van der Waals surface area contributed by atoms with Crippen LogP contribution in [0.25, 0.3) is 0 Å². The van der Waals surface area contributed by atoms with Crippen molar-refractivity contribution in [1.82, 2.24) is 0 Å². The number of benzene rings is 3. The summed E-state index contributed by atoms with van der Waals surface area (Å²) in [7, 11) is 0. The van der Waals surface area contributed by atoms with Gasteiger partial charge in [0.2, 0.25) is 0 Å². The Labute approximate surface area is 200 Å². The highest BCUT2D eigenvalue weighted by Gasteiger charge is 2.33. The second-order valence-corrected chi connectivity index (χ2v) is 9.29. The van der Waals surface area contributed by atoms with Crippen LogP contribution < -0.4 is 4.90 Å². The molecular formula is C26H19ClN2O3S. The van der Waals surface area contributed by atoms with E-state index in [1.165, 1.54) is 10.9 Å². The molecule has 33 heavy (non-hydrogen) atoms. The number of nitro benzene ring substituents is 1. The number of rotatable bonds is 5. The van der Waals surface area contributed by atoms with Crippen molar-refractivity contribution in [3.05, 3.63) is 127 Å². The number of ketones is 1. The van der Waals surface area contributed by atoms with Gasteiger partial charge in [0.05, 0.1) is 11.0 Å². The molecule has 0 amide bonds. The molecule has 4 aromatic rings. The number of nitrogens with zero attached hydrogens (tertiary/aromatic N) is 2. The molecule has 0 aliphatic carbocycles. The Morgan fingerprint density at radius 1 is 1.00 bits per heavy atom. The Morgan fingerprint density at radius 3 is 2.48 bits per heavy atom. The molecule has 5 rings (SSSR count). The third kappa shape index (κ3) is 4.03. The quantitative estimate of drug-likeness (QED) is 0.183. The van der Waals surface area contributed by atoms with E-state index in [0.717, 1.165) is 17.5 Å². The van der Waals surface area contributed by atoms with Gasteiger partial charge in [-0.05, 0) is 53.3 Å². The number of carbonyl (C=O) groups excluding carboxylic acids is 1. The summed E-state index contributed by atoms with van der Waals surface area (Å²) in [6.07, 6.45) is 0.805. The lowest BCUT2D eigenvalue weighted by molar-refractivity contribution is -0.384. The largest absolute Gasteiger partial charge is 0.354 e. The molecule has 1 unspecified atom stereocenters. The molecule has 0 spiro atoms. The molecule has 1 aliphatic rings. The van der Waals surface area contributed by atoms with Gasteiger partial charge < -0.3 is 4.90 Å². The zero-order chi connectivity index (χ0) is 22.9. The van der Waals surface area contributed by atoms with Crippen molar-refractivity contribution in [3.8, 4) is 0 Å². The van der Waals surface area contributed by atoms with Crippen LogP contribution in [0.5, 0.6) is 0 Å². The summed E-state index contributed by atoms with van der Waals surface area (Å²) in [6, 6.07) is 23.1. The van der Waals surface area contributed by atoms with Crippen molar-refractivity contribution in [3.63, 3.8) is 0 Å². The van der Waals surface area contributed by atoms with Gasteiger partial charge in [-0.15, -0.1) is 11.3 Å². The average Bonchev–Trinajstić information content (AvgIpc) is 3.33. The molecule has 164 valence electrons. The standard InChI is InChI=1S/C26H19ClN2O3S/c27-20-9-6-17(7-10-20)25-21-13-15-33-24(21)12-14-28(25)22-11-8-19(16-23(22)29(31)32)26(30)18-4-2-1-3-5-18/h1-11,13,15-16,25H,12,14H2. The SMILES string of the molecule is O=C(c1ccccc1)c1ccc(N2CCc3sccc3C2c2ccc(Cl)cc2)c([N+](=O)[O-])c1. The molecule has 1 atom stereocenters. The summed E-state index contributed by atoms with van der Waals surface area (Å²) in [5, 5.41) is 14.8. The highest BCUT2D eigenvalue weighted by atomic mass is 35.5. The van der Waals surface area contributed by atoms with E-state index < -0.39 is 4.92 Å². The predicted molar refractivity (Wildman–Crippen MR) is 132 cm³/mol. The van der Waals surface area contributed by atoms with Crippen LogP contribution in [0, 0.1) is 10.1 Å². The smallest absolute Gasteiger partial charge is 0.293 e. The first-order chi connectivity index (χ1) is 16.0. The second kappa shape index (κ2) is 8.81. The predicted octanol–water partition coefficient (Wildman–Crippen LogP) is 6.69. The minimum absolute atomic E-state index is 0.0746. The van der Waals surface area contributed by atoms with Crippen molar-refractivity contribution in [2.24, 2.45) is 0 Å². The number of anilines is 1. The van der Waals surface area contributed by atoms with Gasteiger partial charge in [0.1, 0.15) is 5.69 Å². The van der Waals surface area contributed by atoms with Crippen LogP contribution in [-0.2, 0) is 6.42 Å². The Hall–Kier alpha value is -3.48. The molecule has 7 heteroatoms. The molecule has 0 saturated carbocycles. The Balaban J connectivity index is 1.60. The summed E-state index contributed by atoms with van der Waals surface area (Å²) in [6.45, 7) is 0.633. The van der Waals surface area contributed by atoms with E-state index in [-0.39, 0.29) is 17.5 Å². The lowest BCUT2D eigenvalue weighted by Gasteiger charge is -2.37. The summed E-state index contributed by atoms with van der Waals surface area (Å²) in [4.78, 5) is 28.0. The Kier molecular flexibility index (Phi) is 5.70. The van der Waals surface area contributed by atoms with Gasteiger partial charge in [0.25, 0.3) is 5.69 Å². The van der Waals surface area contributed by atoms with E-state index >= 15 is 0 Å². The number of hydrogen-bond acceptors (Lipinski definition) is 5. The van der Waals surface area contributed by atoms with Gasteiger partial charge in [-0.1, -0.05) is 54.1 Å². The fourth-order valence-corrected chi connectivity index (χ4v) is 5.42. The van der Waals surface area contributed by atoms with Crippen LogP contribution >= 0.6 is 22.9 Å². The van der Waals surface area contributed by atoms with Crippen LogP contribution in [-0.4, -0.2) is 17.3 Å². The first-order valence-electron chi connectivity index (χ1n) is 10.5. The van der Waals surface area contributed by atoms with Crippen LogP contribution in [0.3, 0.4) is 0 Å². The minimum Gasteiger partial charge on any atom is -0.354 e. The van der Waals surface area contributed by atoms with Crippen LogP contribution in [0.2, 0.25) is 5.02 Å². The zero-order valence-electron chi connectivity index (χ0n) is 17.5. The molecule has 0 saturated heterocycles. The van der Waals surface area contributed by atoms with Gasteiger partial charge in [0, 0.05) is 33.6 Å². The molecular weight excluding hydrogens is 456 g/mol. The number of halogens is 1. The molecule has 0 N–H and O–H groups in total. The number of nitro groups is 1. The summed E-state index contributed by atoms with van der Waals surface area (Å²) < 4.78 is 0. The maximum Gasteiger partial charge on any atom is 0.293 e. The number of carbonyl (C=O) groups is 1. The van der Waals surface area contributed by atoms with Crippen molar-refractivity contribution < 1.29 is 9.72 Å². The van der Waals surface area contributed by atoms with Gasteiger partial charge >= 0.3 is 0 Å². The van der Waals surface area contributed by atoms with E-state index in [0.29, 0.717) is 28.4 Å². The Bertz CT molecular complexity index is 1340. The molecule has 0 fully saturated rings. The first-order valence-corrected chi connectivity index (χ1v) is 11.8. The molecule has 2 heterocycles. The molecule has 0 radical (unpaired) electrons. The van der Waals surface area contributed by atoms with Crippen LogP contribution in [0.1, 0.15) is 38.0 Å². The van der Waals surface area contributed by atoms with Gasteiger partial charge in [0.15, 0.2) is 5.78 Å². The lowest BCUT2D eigenvalue weighted by Crippen LogP contribution is -2.35. The monoisotopic (exact) mass is 474 g/mol. The minimum atomic E-state index is -0.404. The van der Waals surface area contributed by atoms with Crippen LogP contribution in [0.15, 0.2) is 84.2 Å². The molecule has 0 bridgehead atoms. The number of hydrogen-bond donors (Lipinski definition) is 0. The number of thiophene rings is 1. The normalized spacial score (nSPS) is 15.2. The lowest BCUT2D eigenvalue weighted by atomic mass is 9.92. The van der Waals surface area contributed by atoms with Crippen LogP contribution in [0.4, 0.5) is 11.4 Å². The van der Waals surface area contributed by atoms with E-state index in [1.54, 1.807) is 47.7 Å². The summed E-state index contributed by atoms with van der Waals surface area (Å²) in [5.41, 5.74) is 3.38. The van der Waals surface area contributed by atoms with Gasteiger partial charge in [-0.2, -0.15) is 0 Å². The van der Waals surface area contributed by atoms with E-state index in [1.807, 2.05) is 30.3 Å². The third-order valence-electron chi connectivity index (χ3n) is 5.93. The Morgan fingerprint density at radius 2 is 1.76 bits per heavy atom. The third-order valence-corrected chi connectivity index (χ3v) is 7.18. The van der Waals surface area contributed by atoms with Crippen molar-refractivity contribution >= 4 is 40.1 Å². The highest BCUT2D eigenvalue weighted by Crippen LogP contribution is 2.43. The van der Waals surface area contributed by atoms with E-state index in [4.69, 9.17) is 11.6 Å². The first kappa shape index (κ1) is 21.4. The maximum absolute atomic E-state index is 12.9. The molecule has 5 nitrogen and oxygen atoms in total. The average molecular weight is 475 g/mol. The fourth-order valence-electron chi connectivity index (χ4n) is 4.39. The zero-order valence-corrected chi connectivity index (χ0v) is 19.1. The fraction of sp³-hybridized carbons (Fsp3) is 0.115. The van der Waals surface area contributed by atoms with Crippen molar-refractivity contribution in [2.75, 3.05) is 11.4 Å². The van der Waals surface area contributed by atoms with Gasteiger partial charge in [-0.25, -0.2) is 0 Å². The molecule has 1 aromatic heterocycles. The summed E-state index contributed by atoms with van der Waals surface area (Å²) in [5.74, 6) is -0.238. The van der Waals surface area contributed by atoms with Crippen molar-refractivity contribution in [1.29, 1.82) is 0 Å². The molecule has 1 aliphatic heterocycles. The summed E-state index contributed by atoms with van der Waals surface area (Å²) >= 11 is 7.82. The van der Waals surface area contributed by atoms with Crippen molar-refractivity contribution in [2.45, 2.75) is 12.5 Å². The van der Waals surface area contributed by atoms with Gasteiger partial charge in [-0.3, -0.25) is 14.9 Å². The van der Waals surface area contributed by atoms with E-state index in [2.05, 4.69) is 16.3 Å². The maximum atomic E-state index is 12.9. The second-order valence-electron chi connectivity index (χ2n) is 7.85.